The van der Waals surface area contributed by atoms with Crippen LogP contribution in [0.5, 0.6) is 0 Å². The molecule has 1 aromatic carbocycles. The predicted molar refractivity (Wildman–Crippen MR) is 69.3 cm³/mol. The van der Waals surface area contributed by atoms with E-state index in [1.54, 1.807) is 11.3 Å². The van der Waals surface area contributed by atoms with Crippen LogP contribution in [0, 0.1) is 0 Å². The van der Waals surface area contributed by atoms with E-state index in [9.17, 15) is 0 Å². The van der Waals surface area contributed by atoms with Crippen molar-refractivity contribution in [2.75, 3.05) is 0 Å². The lowest BCUT2D eigenvalue weighted by Crippen LogP contribution is -1.81. The van der Waals surface area contributed by atoms with Gasteiger partial charge < -0.3 is 0 Å². The van der Waals surface area contributed by atoms with Crippen LogP contribution in [-0.2, 0) is 0 Å². The van der Waals surface area contributed by atoms with Crippen LogP contribution in [0.2, 0.25) is 0 Å². The minimum Gasteiger partial charge on any atom is -0.249 e. The third kappa shape index (κ3) is 2.47. The molecule has 0 fully saturated rings. The maximum absolute atomic E-state index is 4.42. The number of hydrogen-bond acceptors (Lipinski definition) is 2. The van der Waals surface area contributed by atoms with Crippen molar-refractivity contribution in [2.24, 2.45) is 0 Å². The third-order valence-electron chi connectivity index (χ3n) is 2.15. The highest BCUT2D eigenvalue weighted by Crippen LogP contribution is 2.30. The summed E-state index contributed by atoms with van der Waals surface area (Å²) in [5, 5.41) is 1.20. The first kappa shape index (κ1) is 10.8. The average Bonchev–Trinajstić information content (AvgIpc) is 2.68. The van der Waals surface area contributed by atoms with Crippen molar-refractivity contribution in [2.45, 2.75) is 19.8 Å². The summed E-state index contributed by atoms with van der Waals surface area (Å²) in [6.07, 6.45) is 1.96. The lowest BCUT2D eigenvalue weighted by molar-refractivity contribution is 0.852. The molecule has 0 aliphatic carbocycles. The van der Waals surface area contributed by atoms with Crippen molar-refractivity contribution >= 4 is 27.3 Å². The van der Waals surface area contributed by atoms with Crippen LogP contribution in [0.4, 0.5) is 0 Å². The highest BCUT2D eigenvalue weighted by atomic mass is 79.9. The summed E-state index contributed by atoms with van der Waals surface area (Å²) >= 11 is 5.21. The second-order valence-corrected chi connectivity index (χ2v) is 5.70. The van der Waals surface area contributed by atoms with E-state index in [0.717, 1.165) is 4.47 Å². The normalized spacial score (nSPS) is 10.9. The summed E-state index contributed by atoms with van der Waals surface area (Å²) in [5.74, 6) is 0.513. The van der Waals surface area contributed by atoms with Crippen LogP contribution < -0.4 is 0 Å². The van der Waals surface area contributed by atoms with E-state index < -0.39 is 0 Å². The van der Waals surface area contributed by atoms with Crippen molar-refractivity contribution in [1.29, 1.82) is 0 Å². The molecule has 1 heterocycles. The van der Waals surface area contributed by atoms with Gasteiger partial charge in [0.2, 0.25) is 0 Å². The van der Waals surface area contributed by atoms with Crippen molar-refractivity contribution in [1.82, 2.24) is 4.98 Å². The van der Waals surface area contributed by atoms with Gasteiger partial charge in [-0.15, -0.1) is 11.3 Å². The molecule has 0 N–H and O–H groups in total. The summed E-state index contributed by atoms with van der Waals surface area (Å²) in [6.45, 7) is 4.34. The van der Waals surface area contributed by atoms with Crippen molar-refractivity contribution in [3.05, 3.63) is 39.9 Å². The first-order valence-corrected chi connectivity index (χ1v) is 6.49. The molecule has 1 nitrogen and oxygen atoms in total. The fourth-order valence-electron chi connectivity index (χ4n) is 1.30. The Bertz CT molecular complexity index is 445. The van der Waals surface area contributed by atoms with Crippen molar-refractivity contribution < 1.29 is 0 Å². The minimum absolute atomic E-state index is 0.513. The summed E-state index contributed by atoms with van der Waals surface area (Å²) < 4.78 is 1.11. The average molecular weight is 282 g/mol. The first-order chi connectivity index (χ1) is 7.16. The van der Waals surface area contributed by atoms with Crippen molar-refractivity contribution in [3.8, 4) is 10.4 Å². The van der Waals surface area contributed by atoms with E-state index in [1.165, 1.54) is 15.4 Å². The smallest absolute Gasteiger partial charge is 0.0956 e. The molecule has 78 valence electrons. The quantitative estimate of drug-likeness (QED) is 0.778. The van der Waals surface area contributed by atoms with Crippen LogP contribution in [0.15, 0.2) is 34.9 Å². The van der Waals surface area contributed by atoms with Gasteiger partial charge in [-0.05, 0) is 17.7 Å². The molecule has 0 saturated heterocycles. The van der Waals surface area contributed by atoms with E-state index >= 15 is 0 Å². The molecule has 2 aromatic rings. The van der Waals surface area contributed by atoms with Crippen molar-refractivity contribution in [3.63, 3.8) is 0 Å². The lowest BCUT2D eigenvalue weighted by Gasteiger charge is -1.97. The Morgan fingerprint density at radius 3 is 2.40 bits per heavy atom. The van der Waals surface area contributed by atoms with Crippen LogP contribution in [0.3, 0.4) is 0 Å². The van der Waals surface area contributed by atoms with E-state index in [4.69, 9.17) is 0 Å². The van der Waals surface area contributed by atoms with Gasteiger partial charge in [0.1, 0.15) is 0 Å². The fraction of sp³-hybridized carbons (Fsp3) is 0.250. The van der Waals surface area contributed by atoms with Gasteiger partial charge in [0.15, 0.2) is 0 Å². The molecule has 0 saturated carbocycles. The van der Waals surface area contributed by atoms with Gasteiger partial charge in [0.05, 0.1) is 9.88 Å². The third-order valence-corrected chi connectivity index (χ3v) is 4.02. The maximum Gasteiger partial charge on any atom is 0.0956 e. The van der Waals surface area contributed by atoms with Gasteiger partial charge in [0, 0.05) is 16.6 Å². The molecule has 1 aromatic heterocycles. The van der Waals surface area contributed by atoms with E-state index in [2.05, 4.69) is 59.0 Å². The van der Waals surface area contributed by atoms with Crippen LogP contribution in [-0.4, -0.2) is 4.98 Å². The zero-order valence-corrected chi connectivity index (χ0v) is 11.1. The molecule has 0 aliphatic heterocycles. The molecule has 0 unspecified atom stereocenters. The second-order valence-electron chi connectivity index (χ2n) is 3.72. The SMILES string of the molecule is CC(C)c1ncc(-c2ccc(Br)cc2)s1. The highest BCUT2D eigenvalue weighted by Gasteiger charge is 2.06. The highest BCUT2D eigenvalue weighted by molar-refractivity contribution is 9.10. The van der Waals surface area contributed by atoms with Crippen LogP contribution in [0.1, 0.15) is 24.8 Å². The molecule has 0 amide bonds. The zero-order valence-electron chi connectivity index (χ0n) is 8.70. The van der Waals surface area contributed by atoms with E-state index in [1.807, 2.05) is 6.20 Å². The Morgan fingerprint density at radius 2 is 1.87 bits per heavy atom. The number of thiazole rings is 1. The van der Waals surface area contributed by atoms with Gasteiger partial charge in [-0.25, -0.2) is 4.98 Å². The molecule has 15 heavy (non-hydrogen) atoms. The molecule has 0 aliphatic rings. The first-order valence-electron chi connectivity index (χ1n) is 4.88. The monoisotopic (exact) mass is 281 g/mol. The standard InChI is InChI=1S/C12H12BrNS/c1-8(2)12-14-7-11(15-12)9-3-5-10(13)6-4-9/h3-8H,1-2H3. The molecular formula is C12H12BrNS. The minimum atomic E-state index is 0.513. The molecule has 0 atom stereocenters. The van der Waals surface area contributed by atoms with Gasteiger partial charge >= 0.3 is 0 Å². The van der Waals surface area contributed by atoms with Gasteiger partial charge in [0.25, 0.3) is 0 Å². The van der Waals surface area contributed by atoms with E-state index in [0.29, 0.717) is 5.92 Å². The Balaban J connectivity index is 2.33. The topological polar surface area (TPSA) is 12.9 Å². The lowest BCUT2D eigenvalue weighted by atomic mass is 10.2. The Kier molecular flexibility index (Phi) is 3.22. The van der Waals surface area contributed by atoms with Gasteiger partial charge in [-0.1, -0.05) is 41.9 Å². The summed E-state index contributed by atoms with van der Waals surface area (Å²) in [5.41, 5.74) is 1.24. The van der Waals surface area contributed by atoms with Crippen LogP contribution in [0.25, 0.3) is 10.4 Å². The largest absolute Gasteiger partial charge is 0.249 e. The fourth-order valence-corrected chi connectivity index (χ4v) is 2.49. The number of nitrogens with zero attached hydrogens (tertiary/aromatic N) is 1. The second kappa shape index (κ2) is 4.45. The molecule has 0 radical (unpaired) electrons. The molecule has 0 bridgehead atoms. The number of benzene rings is 1. The maximum atomic E-state index is 4.42. The Hall–Kier alpha value is -0.670. The van der Waals surface area contributed by atoms with Crippen LogP contribution >= 0.6 is 27.3 Å². The van der Waals surface area contributed by atoms with E-state index in [-0.39, 0.29) is 0 Å². The van der Waals surface area contributed by atoms with Gasteiger partial charge in [-0.2, -0.15) is 0 Å². The molecular weight excluding hydrogens is 270 g/mol. The number of halogens is 1. The zero-order chi connectivity index (χ0) is 10.8. The summed E-state index contributed by atoms with van der Waals surface area (Å²) in [4.78, 5) is 5.66. The molecule has 3 heteroatoms. The molecule has 0 spiro atoms. The molecule has 2 rings (SSSR count). The Morgan fingerprint density at radius 1 is 1.20 bits per heavy atom. The summed E-state index contributed by atoms with van der Waals surface area (Å²) in [6, 6.07) is 8.34. The summed E-state index contributed by atoms with van der Waals surface area (Å²) in [7, 11) is 0. The number of hydrogen-bond donors (Lipinski definition) is 0. The van der Waals surface area contributed by atoms with Gasteiger partial charge in [-0.3, -0.25) is 0 Å². The number of aromatic nitrogens is 1. The predicted octanol–water partition coefficient (Wildman–Crippen LogP) is 4.70. The number of rotatable bonds is 2. The Labute approximate surface area is 102 Å².